The number of thioether (sulfide) groups is 1. The molecule has 2 heterocycles. The molecule has 1 aromatic carbocycles. The van der Waals surface area contributed by atoms with Gasteiger partial charge in [-0.1, -0.05) is 35.5 Å². The van der Waals surface area contributed by atoms with Gasteiger partial charge in [0.2, 0.25) is 5.91 Å². The van der Waals surface area contributed by atoms with Gasteiger partial charge in [0.15, 0.2) is 11.0 Å². The van der Waals surface area contributed by atoms with Crippen LogP contribution >= 0.6 is 23.4 Å². The van der Waals surface area contributed by atoms with Crippen molar-refractivity contribution in [1.82, 2.24) is 20.1 Å². The highest BCUT2D eigenvalue weighted by molar-refractivity contribution is 7.99. The van der Waals surface area contributed by atoms with Crippen LogP contribution in [0.3, 0.4) is 0 Å². The van der Waals surface area contributed by atoms with Crippen molar-refractivity contribution in [3.63, 3.8) is 0 Å². The number of nitrogens with one attached hydrogen (secondary N) is 1. The lowest BCUT2D eigenvalue weighted by Crippen LogP contribution is -2.32. The quantitative estimate of drug-likeness (QED) is 0.795. The normalized spacial score (nSPS) is 17.2. The fraction of sp³-hybridized carbons (Fsp3) is 0.438. The molecule has 0 aliphatic carbocycles. The van der Waals surface area contributed by atoms with Crippen LogP contribution in [-0.4, -0.2) is 45.7 Å². The molecule has 1 aromatic heterocycles. The van der Waals surface area contributed by atoms with Gasteiger partial charge in [-0.3, -0.25) is 4.79 Å². The first-order valence-electron chi connectivity index (χ1n) is 7.80. The topological polar surface area (TPSA) is 69.0 Å². The molecule has 6 nitrogen and oxygen atoms in total. The monoisotopic (exact) mass is 366 g/mol. The van der Waals surface area contributed by atoms with Gasteiger partial charge in [0.05, 0.1) is 16.9 Å². The fourth-order valence-electron chi connectivity index (χ4n) is 2.53. The van der Waals surface area contributed by atoms with Crippen LogP contribution in [0.15, 0.2) is 29.4 Å². The van der Waals surface area contributed by atoms with Gasteiger partial charge in [-0.15, -0.1) is 10.2 Å². The Balaban J connectivity index is 1.56. The smallest absolute Gasteiger partial charge is 0.230 e. The molecule has 1 aliphatic rings. The molecule has 1 amide bonds. The van der Waals surface area contributed by atoms with E-state index in [0.717, 1.165) is 25.0 Å². The maximum Gasteiger partial charge on any atom is 0.230 e. The number of amides is 1. The number of ether oxygens (including phenoxy) is 1. The van der Waals surface area contributed by atoms with Crippen molar-refractivity contribution in [1.29, 1.82) is 0 Å². The Kier molecular flexibility index (Phi) is 5.76. The van der Waals surface area contributed by atoms with Crippen molar-refractivity contribution < 1.29 is 9.53 Å². The Hall–Kier alpha value is -1.57. The minimum atomic E-state index is -0.0298. The van der Waals surface area contributed by atoms with E-state index in [1.165, 1.54) is 11.8 Å². The van der Waals surface area contributed by atoms with E-state index in [1.807, 2.05) is 35.9 Å². The summed E-state index contributed by atoms with van der Waals surface area (Å²) in [7, 11) is 1.87. The number of hydrogen-bond acceptors (Lipinski definition) is 5. The zero-order valence-corrected chi connectivity index (χ0v) is 14.9. The Morgan fingerprint density at radius 2 is 2.29 bits per heavy atom. The Morgan fingerprint density at radius 1 is 1.46 bits per heavy atom. The van der Waals surface area contributed by atoms with Gasteiger partial charge in [0, 0.05) is 25.8 Å². The molecule has 1 saturated heterocycles. The first-order valence-corrected chi connectivity index (χ1v) is 9.17. The van der Waals surface area contributed by atoms with Crippen LogP contribution < -0.4 is 5.32 Å². The van der Waals surface area contributed by atoms with Gasteiger partial charge >= 0.3 is 0 Å². The molecular weight excluding hydrogens is 348 g/mol. The summed E-state index contributed by atoms with van der Waals surface area (Å²) in [5.41, 5.74) is 0.823. The average molecular weight is 367 g/mol. The molecule has 8 heteroatoms. The summed E-state index contributed by atoms with van der Waals surface area (Å²) in [6.07, 6.45) is 2.23. The van der Waals surface area contributed by atoms with E-state index >= 15 is 0 Å². The number of halogens is 1. The second-order valence-corrected chi connectivity index (χ2v) is 6.92. The zero-order valence-electron chi connectivity index (χ0n) is 13.4. The molecule has 1 aliphatic heterocycles. The van der Waals surface area contributed by atoms with Crippen molar-refractivity contribution in [2.24, 2.45) is 7.05 Å². The van der Waals surface area contributed by atoms with Gasteiger partial charge in [-0.05, 0) is 25.0 Å². The number of benzene rings is 1. The van der Waals surface area contributed by atoms with Crippen LogP contribution in [0.4, 0.5) is 0 Å². The first-order chi connectivity index (χ1) is 11.6. The van der Waals surface area contributed by atoms with E-state index in [0.29, 0.717) is 28.3 Å². The predicted molar refractivity (Wildman–Crippen MR) is 94.2 cm³/mol. The van der Waals surface area contributed by atoms with Gasteiger partial charge < -0.3 is 14.6 Å². The largest absolute Gasteiger partial charge is 0.376 e. The number of aromatic nitrogens is 3. The molecular formula is C16H19ClN4O2S. The van der Waals surface area contributed by atoms with E-state index in [4.69, 9.17) is 16.3 Å². The van der Waals surface area contributed by atoms with E-state index in [2.05, 4.69) is 15.5 Å². The molecule has 3 rings (SSSR count). The average Bonchev–Trinajstić information content (AvgIpc) is 3.22. The van der Waals surface area contributed by atoms with Crippen LogP contribution in [0.25, 0.3) is 11.4 Å². The minimum Gasteiger partial charge on any atom is -0.376 e. The Morgan fingerprint density at radius 3 is 3.04 bits per heavy atom. The van der Waals surface area contributed by atoms with E-state index < -0.39 is 0 Å². The molecule has 0 radical (unpaired) electrons. The molecule has 2 aromatic rings. The van der Waals surface area contributed by atoms with E-state index in [1.54, 1.807) is 0 Å². The summed E-state index contributed by atoms with van der Waals surface area (Å²) < 4.78 is 7.33. The van der Waals surface area contributed by atoms with Crippen molar-refractivity contribution in [2.75, 3.05) is 18.9 Å². The summed E-state index contributed by atoms with van der Waals surface area (Å²) >= 11 is 7.56. The third-order valence-corrected chi connectivity index (χ3v) is 5.18. The highest BCUT2D eigenvalue weighted by Gasteiger charge is 2.17. The number of carbonyl (C=O) groups is 1. The lowest BCUT2D eigenvalue weighted by atomic mass is 10.2. The molecule has 1 atom stereocenters. The van der Waals surface area contributed by atoms with Crippen molar-refractivity contribution in [3.8, 4) is 11.4 Å². The zero-order chi connectivity index (χ0) is 16.9. The van der Waals surface area contributed by atoms with E-state index in [-0.39, 0.29) is 12.0 Å². The highest BCUT2D eigenvalue weighted by Crippen LogP contribution is 2.28. The lowest BCUT2D eigenvalue weighted by molar-refractivity contribution is -0.119. The second-order valence-electron chi connectivity index (χ2n) is 5.57. The lowest BCUT2D eigenvalue weighted by Gasteiger charge is -2.10. The summed E-state index contributed by atoms with van der Waals surface area (Å²) in [5.74, 6) is 0.946. The SMILES string of the molecule is Cn1c(SCC(=O)NC[C@@H]2CCCO2)nnc1-c1ccccc1Cl. The molecule has 0 spiro atoms. The molecule has 1 fully saturated rings. The summed E-state index contributed by atoms with van der Waals surface area (Å²) in [6, 6.07) is 7.49. The number of nitrogens with zero attached hydrogens (tertiary/aromatic N) is 3. The molecule has 0 unspecified atom stereocenters. The molecule has 0 bridgehead atoms. The van der Waals surface area contributed by atoms with Gasteiger partial charge in [0.1, 0.15) is 0 Å². The fourth-order valence-corrected chi connectivity index (χ4v) is 3.49. The summed E-state index contributed by atoms with van der Waals surface area (Å²) in [5, 5.41) is 12.5. The van der Waals surface area contributed by atoms with Crippen LogP contribution in [0.2, 0.25) is 5.02 Å². The van der Waals surface area contributed by atoms with Crippen molar-refractivity contribution in [3.05, 3.63) is 29.3 Å². The number of hydrogen-bond donors (Lipinski definition) is 1. The maximum absolute atomic E-state index is 11.9. The van der Waals surface area contributed by atoms with Crippen molar-refractivity contribution in [2.45, 2.75) is 24.1 Å². The van der Waals surface area contributed by atoms with Crippen molar-refractivity contribution >= 4 is 29.3 Å². The Labute approximate surface area is 149 Å². The molecule has 128 valence electrons. The predicted octanol–water partition coefficient (Wildman–Crippen LogP) is 2.52. The number of rotatable bonds is 6. The second kappa shape index (κ2) is 8.00. The van der Waals surface area contributed by atoms with Crippen LogP contribution in [0.5, 0.6) is 0 Å². The van der Waals surface area contributed by atoms with Gasteiger partial charge in [0.25, 0.3) is 0 Å². The van der Waals surface area contributed by atoms with Gasteiger partial charge in [-0.2, -0.15) is 0 Å². The van der Waals surface area contributed by atoms with Crippen LogP contribution in [0.1, 0.15) is 12.8 Å². The Bertz CT molecular complexity index is 716. The summed E-state index contributed by atoms with van der Waals surface area (Å²) in [4.78, 5) is 11.9. The highest BCUT2D eigenvalue weighted by atomic mass is 35.5. The third-order valence-electron chi connectivity index (χ3n) is 3.83. The number of carbonyl (C=O) groups excluding carboxylic acids is 1. The van der Waals surface area contributed by atoms with Crippen LogP contribution in [-0.2, 0) is 16.6 Å². The standard InChI is InChI=1S/C16H19ClN4O2S/c1-21-15(12-6-2-3-7-13(12)17)19-20-16(21)24-10-14(22)18-9-11-5-4-8-23-11/h2-3,6-7,11H,4-5,8-10H2,1H3,(H,18,22)/t11-/m0/s1. The first kappa shape index (κ1) is 17.3. The van der Waals surface area contributed by atoms with E-state index in [9.17, 15) is 4.79 Å². The molecule has 24 heavy (non-hydrogen) atoms. The minimum absolute atomic E-state index is 0.0298. The van der Waals surface area contributed by atoms with Crippen LogP contribution in [0, 0.1) is 0 Å². The van der Waals surface area contributed by atoms with Gasteiger partial charge in [-0.25, -0.2) is 0 Å². The molecule has 1 N–H and O–H groups in total. The maximum atomic E-state index is 11.9. The molecule has 0 saturated carbocycles. The third kappa shape index (κ3) is 4.09. The summed E-state index contributed by atoms with van der Waals surface area (Å²) in [6.45, 7) is 1.36.